The van der Waals surface area contributed by atoms with Gasteiger partial charge in [-0.15, -0.1) is 0 Å². The molecule has 4 nitrogen and oxygen atoms in total. The fraction of sp³-hybridized carbons (Fsp3) is 1.00. The fourth-order valence-electron chi connectivity index (χ4n) is 2.06. The second-order valence-electron chi connectivity index (χ2n) is 13.2. The van der Waals surface area contributed by atoms with E-state index in [2.05, 4.69) is 88.4 Å². The monoisotopic (exact) mass is 431 g/mol. The van der Waals surface area contributed by atoms with Gasteiger partial charge in [0.2, 0.25) is 0 Å². The third kappa shape index (κ3) is 35.3. The minimum atomic E-state index is 0.255. The van der Waals surface area contributed by atoms with Crippen molar-refractivity contribution in [1.82, 2.24) is 5.32 Å². The second-order valence-corrected chi connectivity index (χ2v) is 13.2. The zero-order valence-corrected chi connectivity index (χ0v) is 22.8. The van der Waals surface area contributed by atoms with Gasteiger partial charge in [-0.3, -0.25) is 0 Å². The third-order valence-corrected chi connectivity index (χ3v) is 3.98. The summed E-state index contributed by atoms with van der Waals surface area (Å²) >= 11 is 0. The first-order valence-electron chi connectivity index (χ1n) is 11.9. The van der Waals surface area contributed by atoms with Crippen LogP contribution in [0.15, 0.2) is 0 Å². The molecule has 0 bridgehead atoms. The van der Waals surface area contributed by atoms with Gasteiger partial charge in [-0.1, -0.05) is 83.1 Å². The quantitative estimate of drug-likeness (QED) is 0.354. The summed E-state index contributed by atoms with van der Waals surface area (Å²) in [5.41, 5.74) is 1.38. The summed E-state index contributed by atoms with van der Waals surface area (Å²) in [5.74, 6) is 0. The molecule has 0 aliphatic carbocycles. The minimum Gasteiger partial charge on any atom is -0.380 e. The number of ether oxygens (including phenoxy) is 3. The fourth-order valence-corrected chi connectivity index (χ4v) is 2.06. The lowest BCUT2D eigenvalue weighted by atomic mass is 9.93. The Hall–Kier alpha value is -0.160. The summed E-state index contributed by atoms with van der Waals surface area (Å²) in [5, 5.41) is 3.40. The summed E-state index contributed by atoms with van der Waals surface area (Å²) in [4.78, 5) is 0. The number of hydrogen-bond acceptors (Lipinski definition) is 4. The largest absolute Gasteiger partial charge is 0.380 e. The van der Waals surface area contributed by atoms with Crippen LogP contribution < -0.4 is 5.32 Å². The topological polar surface area (TPSA) is 39.7 Å². The molecule has 0 fully saturated rings. The van der Waals surface area contributed by atoms with E-state index in [0.29, 0.717) is 29.5 Å². The Morgan fingerprint density at radius 2 is 0.900 bits per heavy atom. The molecule has 184 valence electrons. The summed E-state index contributed by atoms with van der Waals surface area (Å²) in [7, 11) is 0. The molecule has 0 aromatic heterocycles. The minimum absolute atomic E-state index is 0.255. The highest BCUT2D eigenvalue weighted by Gasteiger charge is 2.11. The van der Waals surface area contributed by atoms with Crippen LogP contribution in [0.4, 0.5) is 0 Å². The number of rotatable bonds is 12. The van der Waals surface area contributed by atoms with Crippen molar-refractivity contribution in [1.29, 1.82) is 0 Å². The van der Waals surface area contributed by atoms with Crippen LogP contribution in [-0.4, -0.2) is 52.7 Å². The Labute approximate surface area is 190 Å². The van der Waals surface area contributed by atoms with Crippen LogP contribution in [0.1, 0.15) is 95.9 Å². The number of nitrogens with one attached hydrogen (secondary N) is 1. The Kier molecular flexibility index (Phi) is 16.7. The van der Waals surface area contributed by atoms with Gasteiger partial charge in [-0.2, -0.15) is 0 Å². The van der Waals surface area contributed by atoms with Gasteiger partial charge in [0, 0.05) is 26.3 Å². The first kappa shape index (κ1) is 32.0. The molecule has 0 aliphatic heterocycles. The summed E-state index contributed by atoms with van der Waals surface area (Å²) in [6, 6.07) is 0. The molecule has 0 atom stereocenters. The van der Waals surface area contributed by atoms with E-state index in [1.807, 2.05) is 0 Å². The van der Waals surface area contributed by atoms with Crippen molar-refractivity contribution in [3.05, 3.63) is 0 Å². The van der Waals surface area contributed by atoms with Crippen LogP contribution in [0.2, 0.25) is 0 Å². The van der Waals surface area contributed by atoms with Crippen LogP contribution in [-0.2, 0) is 14.2 Å². The molecule has 0 aliphatic rings. The smallest absolute Gasteiger partial charge is 0.0700 e. The van der Waals surface area contributed by atoms with Gasteiger partial charge in [0.1, 0.15) is 0 Å². The van der Waals surface area contributed by atoms with Gasteiger partial charge >= 0.3 is 0 Å². The van der Waals surface area contributed by atoms with Gasteiger partial charge in [-0.25, -0.2) is 0 Å². The van der Waals surface area contributed by atoms with Crippen LogP contribution in [0.5, 0.6) is 0 Å². The van der Waals surface area contributed by atoms with Gasteiger partial charge in [0.25, 0.3) is 0 Å². The maximum absolute atomic E-state index is 5.56. The van der Waals surface area contributed by atoms with Crippen molar-refractivity contribution in [2.75, 3.05) is 52.7 Å². The van der Waals surface area contributed by atoms with Crippen LogP contribution in [0.25, 0.3) is 0 Å². The zero-order valence-electron chi connectivity index (χ0n) is 22.8. The molecule has 0 amide bonds. The lowest BCUT2D eigenvalue weighted by Gasteiger charge is -2.19. The highest BCUT2D eigenvalue weighted by Crippen LogP contribution is 2.18. The Bertz CT molecular complexity index is 307. The molecular formula is C26H57NO3. The molecule has 0 aromatic carbocycles. The van der Waals surface area contributed by atoms with Gasteiger partial charge in [-0.05, 0) is 34.5 Å². The Morgan fingerprint density at radius 1 is 0.467 bits per heavy atom. The normalized spacial score (nSPS) is 13.2. The molecule has 0 saturated heterocycles. The summed E-state index contributed by atoms with van der Waals surface area (Å²) in [6.45, 7) is 33.4. The van der Waals surface area contributed by atoms with Crippen molar-refractivity contribution < 1.29 is 14.2 Å². The first-order chi connectivity index (χ1) is 13.4. The molecule has 0 spiro atoms. The molecule has 0 rings (SSSR count). The van der Waals surface area contributed by atoms with Crippen LogP contribution >= 0.6 is 0 Å². The van der Waals surface area contributed by atoms with E-state index < -0.39 is 0 Å². The maximum atomic E-state index is 5.56. The second kappa shape index (κ2) is 15.6. The van der Waals surface area contributed by atoms with E-state index in [-0.39, 0.29) is 5.41 Å². The van der Waals surface area contributed by atoms with E-state index in [0.717, 1.165) is 52.4 Å². The first-order valence-corrected chi connectivity index (χ1v) is 11.9. The lowest BCUT2D eigenvalue weighted by Crippen LogP contribution is -2.29. The van der Waals surface area contributed by atoms with Crippen molar-refractivity contribution in [3.8, 4) is 0 Å². The van der Waals surface area contributed by atoms with E-state index in [1.54, 1.807) is 0 Å². The standard InChI is InChI=1S/C13H29NO.C13H28O2/c1-12(2,3)7-9-15-10-8-14-11-13(4,5)6;1-12(2,3)7-8-14-9-10-15-11-13(4,5)6/h14H,7-11H2,1-6H3;7-11H2,1-6H3. The van der Waals surface area contributed by atoms with Gasteiger partial charge in [0.05, 0.1) is 26.4 Å². The molecule has 0 unspecified atom stereocenters. The Balaban J connectivity index is 0. The average molecular weight is 432 g/mol. The molecule has 4 heteroatoms. The highest BCUT2D eigenvalue weighted by atomic mass is 16.5. The highest BCUT2D eigenvalue weighted by molar-refractivity contribution is 4.65. The van der Waals surface area contributed by atoms with E-state index in [1.165, 1.54) is 0 Å². The SMILES string of the molecule is CC(C)(C)CCOCCNCC(C)(C)C.CC(C)(C)CCOCCOCC(C)(C)C. The molecule has 0 saturated carbocycles. The molecular weight excluding hydrogens is 374 g/mol. The molecule has 30 heavy (non-hydrogen) atoms. The molecule has 1 N–H and O–H groups in total. The summed E-state index contributed by atoms with van der Waals surface area (Å²) in [6.07, 6.45) is 2.23. The predicted octanol–water partition coefficient (Wildman–Crippen LogP) is 6.58. The van der Waals surface area contributed by atoms with Crippen molar-refractivity contribution in [2.24, 2.45) is 21.7 Å². The molecule has 0 aromatic rings. The third-order valence-electron chi connectivity index (χ3n) is 3.98. The van der Waals surface area contributed by atoms with Crippen molar-refractivity contribution in [3.63, 3.8) is 0 Å². The van der Waals surface area contributed by atoms with E-state index in [4.69, 9.17) is 14.2 Å². The van der Waals surface area contributed by atoms with Crippen molar-refractivity contribution >= 4 is 0 Å². The van der Waals surface area contributed by atoms with Gasteiger partial charge < -0.3 is 19.5 Å². The lowest BCUT2D eigenvalue weighted by molar-refractivity contribution is 0.0141. The van der Waals surface area contributed by atoms with E-state index in [9.17, 15) is 0 Å². The van der Waals surface area contributed by atoms with Crippen LogP contribution in [0.3, 0.4) is 0 Å². The number of hydrogen-bond donors (Lipinski definition) is 1. The zero-order chi connectivity index (χ0) is 23.9. The average Bonchev–Trinajstić information content (AvgIpc) is 2.49. The molecule has 0 heterocycles. The molecule has 0 radical (unpaired) electrons. The van der Waals surface area contributed by atoms with Gasteiger partial charge in [0.15, 0.2) is 0 Å². The van der Waals surface area contributed by atoms with Crippen LogP contribution in [0, 0.1) is 21.7 Å². The summed E-state index contributed by atoms with van der Waals surface area (Å²) < 4.78 is 16.6. The maximum Gasteiger partial charge on any atom is 0.0700 e. The Morgan fingerprint density at radius 3 is 1.30 bits per heavy atom. The predicted molar refractivity (Wildman–Crippen MR) is 132 cm³/mol. The van der Waals surface area contributed by atoms with Crippen molar-refractivity contribution in [2.45, 2.75) is 95.9 Å². The van der Waals surface area contributed by atoms with E-state index >= 15 is 0 Å².